The highest BCUT2D eigenvalue weighted by Gasteiger charge is 2.30. The number of carbonyl (C=O) groups excluding carboxylic acids is 1. The highest BCUT2D eigenvalue weighted by atomic mass is 16.5. The second-order valence-corrected chi connectivity index (χ2v) is 5.88. The molecule has 0 saturated carbocycles. The molecule has 0 aliphatic carbocycles. The Hall–Kier alpha value is -3.02. The van der Waals surface area contributed by atoms with Crippen molar-refractivity contribution in [3.8, 4) is 11.5 Å². The van der Waals surface area contributed by atoms with Crippen molar-refractivity contribution in [3.05, 3.63) is 59.7 Å². The quantitative estimate of drug-likeness (QED) is 0.871. The minimum Gasteiger partial charge on any atom is -0.497 e. The summed E-state index contributed by atoms with van der Waals surface area (Å²) in [7, 11) is 1.58. The van der Waals surface area contributed by atoms with E-state index in [0.717, 1.165) is 11.3 Å². The summed E-state index contributed by atoms with van der Waals surface area (Å²) in [5.41, 5.74) is 1.40. The van der Waals surface area contributed by atoms with Gasteiger partial charge in [0.2, 0.25) is 5.91 Å². The van der Waals surface area contributed by atoms with Crippen molar-refractivity contribution >= 4 is 11.9 Å². The number of rotatable bonds is 5. The lowest BCUT2D eigenvalue weighted by Crippen LogP contribution is -2.41. The first-order valence-electron chi connectivity index (χ1n) is 7.96. The van der Waals surface area contributed by atoms with Crippen LogP contribution in [0.15, 0.2) is 48.5 Å². The number of carbonyl (C=O) groups is 2. The average molecular weight is 341 g/mol. The van der Waals surface area contributed by atoms with Crippen LogP contribution < -0.4 is 14.8 Å². The summed E-state index contributed by atoms with van der Waals surface area (Å²) in [4.78, 5) is 24.1. The van der Waals surface area contributed by atoms with Gasteiger partial charge in [-0.3, -0.25) is 4.79 Å². The maximum atomic E-state index is 12.6. The fourth-order valence-electron chi connectivity index (χ4n) is 2.86. The molecule has 0 bridgehead atoms. The maximum absolute atomic E-state index is 12.6. The summed E-state index contributed by atoms with van der Waals surface area (Å²) in [6.07, 6.45) is 0.472. The molecule has 2 aromatic rings. The van der Waals surface area contributed by atoms with E-state index in [4.69, 9.17) is 9.47 Å². The number of hydrogen-bond acceptors (Lipinski definition) is 4. The molecule has 6 heteroatoms. The van der Waals surface area contributed by atoms with E-state index in [1.54, 1.807) is 43.5 Å². The van der Waals surface area contributed by atoms with E-state index in [-0.39, 0.29) is 12.5 Å². The average Bonchev–Trinajstić information content (AvgIpc) is 2.65. The maximum Gasteiger partial charge on any atom is 0.330 e. The molecule has 130 valence electrons. The van der Waals surface area contributed by atoms with Crippen LogP contribution >= 0.6 is 0 Å². The summed E-state index contributed by atoms with van der Waals surface area (Å²) in [5.74, 6) is -0.480. The van der Waals surface area contributed by atoms with Crippen LogP contribution in [0.2, 0.25) is 0 Å². The molecule has 0 radical (unpaired) electrons. The van der Waals surface area contributed by atoms with Gasteiger partial charge in [0.25, 0.3) is 0 Å². The Kier molecular flexibility index (Phi) is 4.88. The van der Waals surface area contributed by atoms with Crippen LogP contribution in [0, 0.1) is 5.92 Å². The van der Waals surface area contributed by atoms with Crippen LogP contribution in [-0.4, -0.2) is 30.7 Å². The first-order chi connectivity index (χ1) is 12.1. The van der Waals surface area contributed by atoms with Gasteiger partial charge in [-0.05, 0) is 35.7 Å². The molecule has 0 fully saturated rings. The molecule has 6 nitrogen and oxygen atoms in total. The molecule has 2 unspecified atom stereocenters. The zero-order valence-electron chi connectivity index (χ0n) is 13.8. The van der Waals surface area contributed by atoms with E-state index in [1.807, 2.05) is 12.1 Å². The third-order valence-corrected chi connectivity index (χ3v) is 4.21. The number of fused-ring (bicyclic) bond motifs is 1. The van der Waals surface area contributed by atoms with Crippen LogP contribution in [0.5, 0.6) is 11.5 Å². The molecule has 2 aromatic carbocycles. The number of nitrogens with one attached hydrogen (secondary N) is 1. The van der Waals surface area contributed by atoms with E-state index in [0.29, 0.717) is 17.7 Å². The number of carboxylic acid groups (broad SMARTS) is 1. The van der Waals surface area contributed by atoms with E-state index < -0.39 is 17.9 Å². The molecule has 2 N–H and O–H groups in total. The van der Waals surface area contributed by atoms with Gasteiger partial charge in [0, 0.05) is 0 Å². The SMILES string of the molecule is COc1ccc2c(c1)CC(C(=O)NC(C(=O)O)c1ccccc1)CO2. The first-order valence-corrected chi connectivity index (χ1v) is 7.96. The molecule has 2 atom stereocenters. The molecule has 0 aromatic heterocycles. The van der Waals surface area contributed by atoms with Crippen molar-refractivity contribution in [2.45, 2.75) is 12.5 Å². The third-order valence-electron chi connectivity index (χ3n) is 4.21. The number of ether oxygens (including phenoxy) is 2. The van der Waals surface area contributed by atoms with Gasteiger partial charge in [0.15, 0.2) is 6.04 Å². The van der Waals surface area contributed by atoms with Gasteiger partial charge >= 0.3 is 5.97 Å². The minimum absolute atomic E-state index is 0.215. The van der Waals surface area contributed by atoms with Crippen molar-refractivity contribution in [2.75, 3.05) is 13.7 Å². The van der Waals surface area contributed by atoms with Crippen LogP contribution in [0.25, 0.3) is 0 Å². The first kappa shape index (κ1) is 16.8. The highest BCUT2D eigenvalue weighted by Crippen LogP contribution is 2.31. The summed E-state index contributed by atoms with van der Waals surface area (Å²) >= 11 is 0. The van der Waals surface area contributed by atoms with Gasteiger partial charge in [-0.2, -0.15) is 0 Å². The highest BCUT2D eigenvalue weighted by molar-refractivity contribution is 5.86. The predicted octanol–water partition coefficient (Wildman–Crippen LogP) is 2.19. The summed E-state index contributed by atoms with van der Waals surface area (Å²) in [5, 5.41) is 12.0. The smallest absolute Gasteiger partial charge is 0.330 e. The number of benzene rings is 2. The van der Waals surface area contributed by atoms with Crippen molar-refractivity contribution in [2.24, 2.45) is 5.92 Å². The molecule has 0 spiro atoms. The zero-order chi connectivity index (χ0) is 17.8. The summed E-state index contributed by atoms with van der Waals surface area (Å²) < 4.78 is 10.8. The fourth-order valence-corrected chi connectivity index (χ4v) is 2.86. The van der Waals surface area contributed by atoms with Crippen molar-refractivity contribution in [1.82, 2.24) is 5.32 Å². The van der Waals surface area contributed by atoms with E-state index in [2.05, 4.69) is 5.32 Å². The summed E-state index contributed by atoms with van der Waals surface area (Å²) in [6, 6.07) is 13.0. The van der Waals surface area contributed by atoms with Gasteiger partial charge in [-0.15, -0.1) is 0 Å². The lowest BCUT2D eigenvalue weighted by atomic mass is 9.95. The van der Waals surface area contributed by atoms with Crippen LogP contribution in [0.3, 0.4) is 0 Å². The molecule has 0 saturated heterocycles. The molecule has 1 aliphatic rings. The molecular weight excluding hydrogens is 322 g/mol. The van der Waals surface area contributed by atoms with Gasteiger partial charge in [0.1, 0.15) is 18.1 Å². The van der Waals surface area contributed by atoms with E-state index in [9.17, 15) is 14.7 Å². The summed E-state index contributed by atoms with van der Waals surface area (Å²) in [6.45, 7) is 0.215. The number of methoxy groups -OCH3 is 1. The second kappa shape index (κ2) is 7.25. The van der Waals surface area contributed by atoms with Crippen molar-refractivity contribution in [1.29, 1.82) is 0 Å². The fraction of sp³-hybridized carbons (Fsp3) is 0.263. The van der Waals surface area contributed by atoms with E-state index >= 15 is 0 Å². The molecule has 3 rings (SSSR count). The number of aliphatic carboxylic acids is 1. The van der Waals surface area contributed by atoms with Crippen molar-refractivity contribution < 1.29 is 24.2 Å². The van der Waals surface area contributed by atoms with E-state index in [1.165, 1.54) is 0 Å². The Morgan fingerprint density at radius 3 is 2.68 bits per heavy atom. The minimum atomic E-state index is -1.10. The molecular formula is C19H19NO5. The van der Waals surface area contributed by atoms with Gasteiger partial charge in [-0.1, -0.05) is 30.3 Å². The molecule has 1 heterocycles. The van der Waals surface area contributed by atoms with Gasteiger partial charge in [0.05, 0.1) is 13.0 Å². The van der Waals surface area contributed by atoms with Gasteiger partial charge < -0.3 is 19.9 Å². The Morgan fingerprint density at radius 2 is 2.00 bits per heavy atom. The lowest BCUT2D eigenvalue weighted by molar-refractivity contribution is -0.143. The standard InChI is InChI=1S/C19H19NO5/c1-24-15-7-8-16-13(10-15)9-14(11-25-16)18(21)20-17(19(22)23)12-5-3-2-4-6-12/h2-8,10,14,17H,9,11H2,1H3,(H,20,21)(H,22,23). The second-order valence-electron chi connectivity index (χ2n) is 5.88. The number of carboxylic acids is 1. The molecule has 1 amide bonds. The Labute approximate surface area is 145 Å². The largest absolute Gasteiger partial charge is 0.497 e. The third kappa shape index (κ3) is 3.74. The monoisotopic (exact) mass is 341 g/mol. The van der Waals surface area contributed by atoms with Crippen LogP contribution in [-0.2, 0) is 16.0 Å². The number of hydrogen-bond donors (Lipinski definition) is 2. The lowest BCUT2D eigenvalue weighted by Gasteiger charge is -2.26. The molecule has 25 heavy (non-hydrogen) atoms. The Morgan fingerprint density at radius 1 is 1.24 bits per heavy atom. The number of amides is 1. The topological polar surface area (TPSA) is 84.9 Å². The van der Waals surface area contributed by atoms with Crippen molar-refractivity contribution in [3.63, 3.8) is 0 Å². The van der Waals surface area contributed by atoms with Gasteiger partial charge in [-0.25, -0.2) is 4.79 Å². The Balaban J connectivity index is 1.73. The zero-order valence-corrected chi connectivity index (χ0v) is 13.8. The Bertz CT molecular complexity index is 775. The van der Waals surface area contributed by atoms with Crippen LogP contribution in [0.4, 0.5) is 0 Å². The normalized spacial score (nSPS) is 16.9. The predicted molar refractivity (Wildman–Crippen MR) is 90.6 cm³/mol. The van der Waals surface area contributed by atoms with Crippen LogP contribution in [0.1, 0.15) is 17.2 Å². The molecule has 1 aliphatic heterocycles.